The standard InChI is InChI=1S/C10H17N3/c1-6-7(2)12-9(11)13-8(6)10(3,4)5/h1-5H3,(H2,11,12,13). The van der Waals surface area contributed by atoms with Gasteiger partial charge in [-0.2, -0.15) is 0 Å². The van der Waals surface area contributed by atoms with E-state index in [4.69, 9.17) is 5.73 Å². The molecule has 1 rings (SSSR count). The van der Waals surface area contributed by atoms with Crippen molar-refractivity contribution < 1.29 is 0 Å². The zero-order chi connectivity index (χ0) is 10.2. The first-order valence-electron chi connectivity index (χ1n) is 4.43. The third kappa shape index (κ3) is 1.97. The van der Waals surface area contributed by atoms with Crippen molar-refractivity contribution in [3.8, 4) is 0 Å². The summed E-state index contributed by atoms with van der Waals surface area (Å²) in [4.78, 5) is 8.39. The summed E-state index contributed by atoms with van der Waals surface area (Å²) in [6, 6.07) is 0. The van der Waals surface area contributed by atoms with Crippen molar-refractivity contribution in [3.05, 3.63) is 17.0 Å². The summed E-state index contributed by atoms with van der Waals surface area (Å²) in [5.74, 6) is 0.369. The van der Waals surface area contributed by atoms with Crippen LogP contribution in [0.3, 0.4) is 0 Å². The van der Waals surface area contributed by atoms with Crippen LogP contribution in [-0.4, -0.2) is 9.97 Å². The Hall–Kier alpha value is -1.12. The molecule has 1 heterocycles. The zero-order valence-electron chi connectivity index (χ0n) is 8.97. The Morgan fingerprint density at radius 3 is 2.08 bits per heavy atom. The molecule has 0 aromatic carbocycles. The fraction of sp³-hybridized carbons (Fsp3) is 0.600. The molecule has 3 heteroatoms. The van der Waals surface area contributed by atoms with E-state index in [2.05, 4.69) is 30.7 Å². The Kier molecular flexibility index (Phi) is 2.28. The van der Waals surface area contributed by atoms with E-state index in [0.717, 1.165) is 17.0 Å². The van der Waals surface area contributed by atoms with Gasteiger partial charge < -0.3 is 5.73 Å². The van der Waals surface area contributed by atoms with Crippen LogP contribution in [0.4, 0.5) is 5.95 Å². The summed E-state index contributed by atoms with van der Waals surface area (Å²) in [5, 5.41) is 0. The highest BCUT2D eigenvalue weighted by molar-refractivity contribution is 5.33. The van der Waals surface area contributed by atoms with Gasteiger partial charge in [-0.15, -0.1) is 0 Å². The molecule has 0 saturated heterocycles. The fourth-order valence-electron chi connectivity index (χ4n) is 1.38. The van der Waals surface area contributed by atoms with Gasteiger partial charge in [0.1, 0.15) is 0 Å². The molecule has 0 aliphatic heterocycles. The second-order valence-electron chi connectivity index (χ2n) is 4.39. The molecule has 0 saturated carbocycles. The van der Waals surface area contributed by atoms with Crippen LogP contribution in [0, 0.1) is 13.8 Å². The Morgan fingerprint density at radius 1 is 1.08 bits per heavy atom. The Bertz CT molecular complexity index is 324. The highest BCUT2D eigenvalue weighted by Gasteiger charge is 2.20. The maximum Gasteiger partial charge on any atom is 0.220 e. The van der Waals surface area contributed by atoms with Crippen LogP contribution in [0.25, 0.3) is 0 Å². The number of nitrogens with zero attached hydrogens (tertiary/aromatic N) is 2. The summed E-state index contributed by atoms with van der Waals surface area (Å²) in [7, 11) is 0. The molecule has 0 aliphatic carbocycles. The quantitative estimate of drug-likeness (QED) is 0.662. The van der Waals surface area contributed by atoms with Crippen molar-refractivity contribution in [2.24, 2.45) is 0 Å². The number of aromatic nitrogens is 2. The van der Waals surface area contributed by atoms with Gasteiger partial charge in [-0.25, -0.2) is 9.97 Å². The molecule has 0 bridgehead atoms. The molecular formula is C10H17N3. The average Bonchev–Trinajstić information content (AvgIpc) is 1.94. The number of hydrogen-bond acceptors (Lipinski definition) is 3. The first-order valence-corrected chi connectivity index (χ1v) is 4.43. The molecule has 0 aliphatic rings. The predicted octanol–water partition coefficient (Wildman–Crippen LogP) is 1.97. The largest absolute Gasteiger partial charge is 0.368 e. The van der Waals surface area contributed by atoms with Crippen LogP contribution >= 0.6 is 0 Å². The van der Waals surface area contributed by atoms with Crippen LogP contribution in [0.1, 0.15) is 37.7 Å². The van der Waals surface area contributed by atoms with Crippen molar-refractivity contribution in [1.82, 2.24) is 9.97 Å². The lowest BCUT2D eigenvalue weighted by molar-refractivity contribution is 0.562. The monoisotopic (exact) mass is 179 g/mol. The van der Waals surface area contributed by atoms with Gasteiger partial charge >= 0.3 is 0 Å². The number of hydrogen-bond donors (Lipinski definition) is 1. The summed E-state index contributed by atoms with van der Waals surface area (Å²) in [6.07, 6.45) is 0. The third-order valence-corrected chi connectivity index (χ3v) is 2.12. The van der Waals surface area contributed by atoms with Gasteiger partial charge in [-0.3, -0.25) is 0 Å². The van der Waals surface area contributed by atoms with Gasteiger partial charge in [0, 0.05) is 11.1 Å². The van der Waals surface area contributed by atoms with Crippen LogP contribution in [0.15, 0.2) is 0 Å². The third-order valence-electron chi connectivity index (χ3n) is 2.12. The number of anilines is 1. The number of nitrogen functional groups attached to an aromatic ring is 1. The van der Waals surface area contributed by atoms with Crippen LogP contribution in [-0.2, 0) is 5.41 Å². The molecule has 0 fully saturated rings. The number of aryl methyl sites for hydroxylation is 1. The lowest BCUT2D eigenvalue weighted by Gasteiger charge is -2.21. The molecule has 72 valence electrons. The van der Waals surface area contributed by atoms with E-state index in [1.807, 2.05) is 13.8 Å². The van der Waals surface area contributed by atoms with Crippen LogP contribution in [0.2, 0.25) is 0 Å². The molecule has 0 atom stereocenters. The van der Waals surface area contributed by atoms with Crippen molar-refractivity contribution in [2.75, 3.05) is 5.73 Å². The Labute approximate surface area is 79.4 Å². The Balaban J connectivity index is 3.37. The van der Waals surface area contributed by atoms with Crippen molar-refractivity contribution in [3.63, 3.8) is 0 Å². The predicted molar refractivity (Wildman–Crippen MR) is 54.6 cm³/mol. The molecule has 0 unspecified atom stereocenters. The number of nitrogens with two attached hydrogens (primary N) is 1. The van der Waals surface area contributed by atoms with E-state index in [1.165, 1.54) is 0 Å². The van der Waals surface area contributed by atoms with E-state index in [0.29, 0.717) is 5.95 Å². The molecule has 3 nitrogen and oxygen atoms in total. The fourth-order valence-corrected chi connectivity index (χ4v) is 1.38. The maximum absolute atomic E-state index is 5.60. The summed E-state index contributed by atoms with van der Waals surface area (Å²) < 4.78 is 0. The second kappa shape index (κ2) is 2.98. The van der Waals surface area contributed by atoms with Gasteiger partial charge in [0.2, 0.25) is 5.95 Å². The minimum Gasteiger partial charge on any atom is -0.368 e. The number of rotatable bonds is 0. The summed E-state index contributed by atoms with van der Waals surface area (Å²) in [5.41, 5.74) is 8.79. The van der Waals surface area contributed by atoms with Gasteiger partial charge in [-0.1, -0.05) is 20.8 Å². The topological polar surface area (TPSA) is 51.8 Å². The van der Waals surface area contributed by atoms with Crippen LogP contribution in [0.5, 0.6) is 0 Å². The summed E-state index contributed by atoms with van der Waals surface area (Å²) in [6.45, 7) is 10.4. The molecule has 1 aromatic rings. The molecule has 13 heavy (non-hydrogen) atoms. The van der Waals surface area contributed by atoms with Crippen molar-refractivity contribution in [2.45, 2.75) is 40.0 Å². The molecule has 0 spiro atoms. The lowest BCUT2D eigenvalue weighted by atomic mass is 9.88. The van der Waals surface area contributed by atoms with E-state index in [9.17, 15) is 0 Å². The zero-order valence-corrected chi connectivity index (χ0v) is 8.97. The van der Waals surface area contributed by atoms with Gasteiger partial charge in [0.15, 0.2) is 0 Å². The first-order chi connectivity index (χ1) is 5.82. The molecular weight excluding hydrogens is 162 g/mol. The normalized spacial score (nSPS) is 11.8. The Morgan fingerprint density at radius 2 is 1.62 bits per heavy atom. The minimum absolute atomic E-state index is 0.0336. The van der Waals surface area contributed by atoms with E-state index in [-0.39, 0.29) is 5.41 Å². The summed E-state index contributed by atoms with van der Waals surface area (Å²) >= 11 is 0. The minimum atomic E-state index is 0.0336. The maximum atomic E-state index is 5.60. The van der Waals surface area contributed by atoms with E-state index < -0.39 is 0 Å². The second-order valence-corrected chi connectivity index (χ2v) is 4.39. The van der Waals surface area contributed by atoms with E-state index >= 15 is 0 Å². The first kappa shape index (κ1) is 9.96. The van der Waals surface area contributed by atoms with Crippen LogP contribution < -0.4 is 5.73 Å². The van der Waals surface area contributed by atoms with Crippen molar-refractivity contribution >= 4 is 5.95 Å². The van der Waals surface area contributed by atoms with E-state index in [1.54, 1.807) is 0 Å². The molecule has 0 amide bonds. The molecule has 2 N–H and O–H groups in total. The molecule has 1 aromatic heterocycles. The van der Waals surface area contributed by atoms with Gasteiger partial charge in [0.25, 0.3) is 0 Å². The van der Waals surface area contributed by atoms with Crippen molar-refractivity contribution in [1.29, 1.82) is 0 Å². The smallest absolute Gasteiger partial charge is 0.220 e. The highest BCUT2D eigenvalue weighted by Crippen LogP contribution is 2.24. The van der Waals surface area contributed by atoms with Gasteiger partial charge in [-0.05, 0) is 19.4 Å². The lowest BCUT2D eigenvalue weighted by Crippen LogP contribution is -2.18. The van der Waals surface area contributed by atoms with Gasteiger partial charge in [0.05, 0.1) is 5.69 Å². The average molecular weight is 179 g/mol. The molecule has 0 radical (unpaired) electrons. The highest BCUT2D eigenvalue weighted by atomic mass is 15.0. The SMILES string of the molecule is Cc1nc(N)nc(C(C)(C)C)c1C.